The van der Waals surface area contributed by atoms with Crippen molar-refractivity contribution in [3.63, 3.8) is 0 Å². The number of aryl methyl sites for hydroxylation is 2. The quantitative estimate of drug-likeness (QED) is 0.754. The summed E-state index contributed by atoms with van der Waals surface area (Å²) in [5.74, 6) is 1.97. The van der Waals surface area contributed by atoms with Gasteiger partial charge in [0.1, 0.15) is 5.82 Å². The molecule has 1 heterocycles. The van der Waals surface area contributed by atoms with E-state index in [9.17, 15) is 0 Å². The van der Waals surface area contributed by atoms with Crippen LogP contribution in [0.3, 0.4) is 0 Å². The van der Waals surface area contributed by atoms with Crippen LogP contribution < -0.4 is 0 Å². The van der Waals surface area contributed by atoms with Crippen LogP contribution in [-0.4, -0.2) is 14.9 Å². The average molecular weight is 299 g/mol. The van der Waals surface area contributed by atoms with Gasteiger partial charge in [-0.3, -0.25) is 0 Å². The smallest absolute Gasteiger partial charge is 0.106 e. The standard InChI is InChI=1S/C14H23BrN2/c1-3-6-12(9-15)10-17-11(2)16-13-7-4-5-8-14(13)17/h12H,3-10H2,1-2H3. The van der Waals surface area contributed by atoms with E-state index >= 15 is 0 Å². The Morgan fingerprint density at radius 3 is 2.82 bits per heavy atom. The first kappa shape index (κ1) is 13.1. The minimum atomic E-state index is 0.749. The number of halogens is 1. The Hall–Kier alpha value is -0.310. The molecule has 0 aromatic carbocycles. The highest BCUT2D eigenvalue weighted by Gasteiger charge is 2.19. The van der Waals surface area contributed by atoms with E-state index in [1.165, 1.54) is 55.7 Å². The second kappa shape index (κ2) is 6.03. The van der Waals surface area contributed by atoms with Gasteiger partial charge in [-0.05, 0) is 44.9 Å². The van der Waals surface area contributed by atoms with Crippen molar-refractivity contribution in [3.05, 3.63) is 17.2 Å². The Kier molecular flexibility index (Phi) is 4.66. The summed E-state index contributed by atoms with van der Waals surface area (Å²) < 4.78 is 2.48. The molecule has 1 unspecified atom stereocenters. The molecule has 0 saturated carbocycles. The molecule has 0 spiro atoms. The van der Waals surface area contributed by atoms with Crippen molar-refractivity contribution < 1.29 is 0 Å². The van der Waals surface area contributed by atoms with E-state index in [-0.39, 0.29) is 0 Å². The maximum atomic E-state index is 4.75. The van der Waals surface area contributed by atoms with E-state index in [0.717, 1.165) is 17.8 Å². The van der Waals surface area contributed by atoms with E-state index in [0.29, 0.717) is 0 Å². The zero-order chi connectivity index (χ0) is 12.3. The van der Waals surface area contributed by atoms with Gasteiger partial charge in [0, 0.05) is 17.6 Å². The molecule has 17 heavy (non-hydrogen) atoms. The Balaban J connectivity index is 2.16. The summed E-state index contributed by atoms with van der Waals surface area (Å²) in [5, 5.41) is 1.10. The summed E-state index contributed by atoms with van der Waals surface area (Å²) in [4.78, 5) is 4.75. The monoisotopic (exact) mass is 298 g/mol. The molecule has 1 aromatic rings. The van der Waals surface area contributed by atoms with E-state index in [2.05, 4.69) is 34.3 Å². The van der Waals surface area contributed by atoms with Gasteiger partial charge in [0.25, 0.3) is 0 Å². The van der Waals surface area contributed by atoms with Gasteiger partial charge < -0.3 is 4.57 Å². The topological polar surface area (TPSA) is 17.8 Å². The van der Waals surface area contributed by atoms with Crippen LogP contribution in [0.25, 0.3) is 0 Å². The van der Waals surface area contributed by atoms with E-state index < -0.39 is 0 Å². The van der Waals surface area contributed by atoms with Gasteiger partial charge >= 0.3 is 0 Å². The van der Waals surface area contributed by atoms with Gasteiger partial charge in [0.05, 0.1) is 5.69 Å². The molecule has 0 radical (unpaired) electrons. The lowest BCUT2D eigenvalue weighted by molar-refractivity contribution is 0.437. The number of nitrogens with zero attached hydrogens (tertiary/aromatic N) is 2. The fourth-order valence-corrected chi connectivity index (χ4v) is 3.39. The fourth-order valence-electron chi connectivity index (χ4n) is 2.86. The summed E-state index contributed by atoms with van der Waals surface area (Å²) in [5.41, 5.74) is 2.90. The molecule has 0 aliphatic heterocycles. The Bertz CT molecular complexity index is 371. The lowest BCUT2D eigenvalue weighted by Gasteiger charge is -2.19. The first-order valence-corrected chi connectivity index (χ1v) is 7.99. The summed E-state index contributed by atoms with van der Waals surface area (Å²) >= 11 is 3.65. The van der Waals surface area contributed by atoms with Gasteiger partial charge in [-0.2, -0.15) is 0 Å². The maximum absolute atomic E-state index is 4.75. The summed E-state index contributed by atoms with van der Waals surface area (Å²) in [6.45, 7) is 5.58. The van der Waals surface area contributed by atoms with E-state index in [4.69, 9.17) is 4.98 Å². The molecule has 1 aromatic heterocycles. The lowest BCUT2D eigenvalue weighted by atomic mass is 10.0. The largest absolute Gasteiger partial charge is 0.332 e. The molecule has 3 heteroatoms. The normalized spacial score (nSPS) is 16.9. The third kappa shape index (κ3) is 2.93. The number of rotatable bonds is 5. The van der Waals surface area contributed by atoms with E-state index in [1.54, 1.807) is 0 Å². The first-order chi connectivity index (χ1) is 8.26. The van der Waals surface area contributed by atoms with Gasteiger partial charge in [0.2, 0.25) is 0 Å². The van der Waals surface area contributed by atoms with Crippen LogP contribution >= 0.6 is 15.9 Å². The zero-order valence-corrected chi connectivity index (χ0v) is 12.6. The number of fused-ring (bicyclic) bond motifs is 1. The molecule has 2 rings (SSSR count). The summed E-state index contributed by atoms with van der Waals surface area (Å²) in [7, 11) is 0. The fraction of sp³-hybridized carbons (Fsp3) is 0.786. The number of aromatic nitrogens is 2. The van der Waals surface area contributed by atoms with Crippen molar-refractivity contribution in [3.8, 4) is 0 Å². The lowest BCUT2D eigenvalue weighted by Crippen LogP contribution is -2.17. The summed E-state index contributed by atoms with van der Waals surface area (Å²) in [6.07, 6.45) is 7.66. The third-order valence-corrected chi connectivity index (χ3v) is 4.70. The molecule has 0 amide bonds. The predicted octanol–water partition coefficient (Wildman–Crippen LogP) is 3.88. The van der Waals surface area contributed by atoms with Crippen LogP contribution in [0.4, 0.5) is 0 Å². The highest BCUT2D eigenvalue weighted by molar-refractivity contribution is 9.09. The van der Waals surface area contributed by atoms with Crippen LogP contribution in [0.1, 0.15) is 49.8 Å². The molecule has 96 valence electrons. The van der Waals surface area contributed by atoms with Crippen molar-refractivity contribution in [2.24, 2.45) is 5.92 Å². The molecule has 0 N–H and O–H groups in total. The van der Waals surface area contributed by atoms with Crippen LogP contribution in [0.15, 0.2) is 0 Å². The predicted molar refractivity (Wildman–Crippen MR) is 75.8 cm³/mol. The summed E-state index contributed by atoms with van der Waals surface area (Å²) in [6, 6.07) is 0. The molecular weight excluding hydrogens is 276 g/mol. The number of imidazole rings is 1. The first-order valence-electron chi connectivity index (χ1n) is 6.87. The van der Waals surface area contributed by atoms with Crippen molar-refractivity contribution >= 4 is 15.9 Å². The van der Waals surface area contributed by atoms with Gasteiger partial charge in [-0.15, -0.1) is 0 Å². The number of hydrogen-bond acceptors (Lipinski definition) is 1. The molecule has 0 fully saturated rings. The van der Waals surface area contributed by atoms with Crippen LogP contribution in [0, 0.1) is 12.8 Å². The minimum Gasteiger partial charge on any atom is -0.332 e. The molecule has 2 nitrogen and oxygen atoms in total. The minimum absolute atomic E-state index is 0.749. The van der Waals surface area contributed by atoms with E-state index in [1.807, 2.05) is 0 Å². The highest BCUT2D eigenvalue weighted by Crippen LogP contribution is 2.24. The zero-order valence-electron chi connectivity index (χ0n) is 11.0. The van der Waals surface area contributed by atoms with Gasteiger partial charge in [-0.1, -0.05) is 29.3 Å². The SMILES string of the molecule is CCCC(CBr)Cn1c(C)nc2c1CCCC2. The second-order valence-corrected chi connectivity index (χ2v) is 5.83. The van der Waals surface area contributed by atoms with Crippen molar-refractivity contribution in [1.82, 2.24) is 9.55 Å². The van der Waals surface area contributed by atoms with Gasteiger partial charge in [0.15, 0.2) is 0 Å². The van der Waals surface area contributed by atoms with Gasteiger partial charge in [-0.25, -0.2) is 4.98 Å². The molecule has 1 aliphatic carbocycles. The Labute approximate surface area is 113 Å². The van der Waals surface area contributed by atoms with Crippen LogP contribution in [0.5, 0.6) is 0 Å². The number of hydrogen-bond donors (Lipinski definition) is 0. The van der Waals surface area contributed by atoms with Crippen molar-refractivity contribution in [1.29, 1.82) is 0 Å². The molecule has 0 bridgehead atoms. The molecule has 1 aliphatic rings. The molecule has 0 saturated heterocycles. The second-order valence-electron chi connectivity index (χ2n) is 5.18. The average Bonchev–Trinajstić information content (AvgIpc) is 2.65. The van der Waals surface area contributed by atoms with Crippen molar-refractivity contribution in [2.45, 2.75) is 58.9 Å². The maximum Gasteiger partial charge on any atom is 0.106 e. The molecule has 1 atom stereocenters. The Morgan fingerprint density at radius 1 is 1.35 bits per heavy atom. The van der Waals surface area contributed by atoms with Crippen molar-refractivity contribution in [2.75, 3.05) is 5.33 Å². The number of alkyl halides is 1. The Morgan fingerprint density at radius 2 is 2.12 bits per heavy atom. The van der Waals surface area contributed by atoms with Crippen LogP contribution in [-0.2, 0) is 19.4 Å². The molecular formula is C14H23BrN2. The highest BCUT2D eigenvalue weighted by atomic mass is 79.9. The van der Waals surface area contributed by atoms with Crippen LogP contribution in [0.2, 0.25) is 0 Å². The third-order valence-electron chi connectivity index (χ3n) is 3.78.